The van der Waals surface area contributed by atoms with E-state index in [0.29, 0.717) is 0 Å². The number of rotatable bonds is 3. The third kappa shape index (κ3) is 4.53. The summed E-state index contributed by atoms with van der Waals surface area (Å²) < 4.78 is 6.85. The van der Waals surface area contributed by atoms with Crippen LogP contribution in [0.15, 0.2) is 120 Å². The molecule has 2 heteroatoms. The van der Waals surface area contributed by atoms with E-state index in [1.807, 2.05) is 0 Å². The van der Waals surface area contributed by atoms with Crippen molar-refractivity contribution in [1.82, 2.24) is 0 Å². The minimum atomic E-state index is -0.0803. The first-order chi connectivity index (χ1) is 22.3. The molecule has 6 aromatic carbocycles. The Morgan fingerprint density at radius 1 is 0.574 bits per heavy atom. The molecule has 47 heavy (non-hydrogen) atoms. The van der Waals surface area contributed by atoms with Crippen LogP contribution < -0.4 is 4.90 Å². The third-order valence-electron chi connectivity index (χ3n) is 10.3. The number of benzene rings is 6. The molecule has 234 valence electrons. The zero-order chi connectivity index (χ0) is 32.9. The van der Waals surface area contributed by atoms with Gasteiger partial charge < -0.3 is 9.32 Å². The summed E-state index contributed by atoms with van der Waals surface area (Å²) in [4.78, 5) is 2.47. The molecule has 0 saturated heterocycles. The van der Waals surface area contributed by atoms with Gasteiger partial charge in [-0.1, -0.05) is 134 Å². The molecule has 0 unspecified atom stereocenters. The highest BCUT2D eigenvalue weighted by Gasteiger charge is 2.36. The predicted molar refractivity (Wildman–Crippen MR) is 201 cm³/mol. The minimum Gasteiger partial charge on any atom is -0.456 e. The van der Waals surface area contributed by atoms with Crippen molar-refractivity contribution in [2.45, 2.75) is 71.6 Å². The smallest absolute Gasteiger partial charge is 0.139 e. The van der Waals surface area contributed by atoms with Crippen molar-refractivity contribution in [3.8, 4) is 11.1 Å². The lowest BCUT2D eigenvalue weighted by atomic mass is 9.79. The molecule has 0 spiro atoms. The first kappa shape index (κ1) is 29.6. The maximum Gasteiger partial charge on any atom is 0.139 e. The maximum absolute atomic E-state index is 6.85. The molecule has 2 nitrogen and oxygen atoms in total. The van der Waals surface area contributed by atoms with Gasteiger partial charge in [0.25, 0.3) is 0 Å². The van der Waals surface area contributed by atoms with Crippen molar-refractivity contribution in [3.05, 3.63) is 138 Å². The lowest BCUT2D eigenvalue weighted by Gasteiger charge is -2.29. The van der Waals surface area contributed by atoms with Crippen LogP contribution in [0, 0.1) is 0 Å². The van der Waals surface area contributed by atoms with E-state index >= 15 is 0 Å². The van der Waals surface area contributed by atoms with Gasteiger partial charge >= 0.3 is 0 Å². The molecule has 0 N–H and O–H groups in total. The largest absolute Gasteiger partial charge is 0.456 e. The van der Waals surface area contributed by atoms with Crippen molar-refractivity contribution < 1.29 is 4.42 Å². The van der Waals surface area contributed by atoms with E-state index in [-0.39, 0.29) is 16.2 Å². The Hall–Kier alpha value is -4.82. The molecule has 0 amide bonds. The van der Waals surface area contributed by atoms with Crippen LogP contribution in [0.2, 0.25) is 0 Å². The van der Waals surface area contributed by atoms with E-state index in [1.165, 1.54) is 49.5 Å². The minimum absolute atomic E-state index is 0.0117. The molecule has 1 aliphatic rings. The number of nitrogens with zero attached hydrogens (tertiary/aromatic N) is 1. The highest BCUT2D eigenvalue weighted by molar-refractivity contribution is 6.15. The Morgan fingerprint density at radius 2 is 1.26 bits per heavy atom. The molecule has 0 atom stereocenters. The molecule has 0 saturated carbocycles. The summed E-state index contributed by atoms with van der Waals surface area (Å²) in [5.74, 6) is 0. The molecular formula is C45H43NO. The number of anilines is 3. The second-order valence-electron chi connectivity index (χ2n) is 15.9. The van der Waals surface area contributed by atoms with Crippen LogP contribution in [0.1, 0.15) is 77.6 Å². The Kier molecular flexibility index (Phi) is 6.35. The van der Waals surface area contributed by atoms with Crippen LogP contribution in [0.5, 0.6) is 0 Å². The molecule has 7 aromatic rings. The maximum atomic E-state index is 6.85. The van der Waals surface area contributed by atoms with E-state index < -0.39 is 0 Å². The molecule has 1 aliphatic carbocycles. The Bertz CT molecular complexity index is 2350. The first-order valence-electron chi connectivity index (χ1n) is 16.9. The molecule has 0 fully saturated rings. The van der Waals surface area contributed by atoms with E-state index in [2.05, 4.69) is 176 Å². The lowest BCUT2D eigenvalue weighted by Crippen LogP contribution is -2.16. The Balaban J connectivity index is 1.48. The van der Waals surface area contributed by atoms with Crippen LogP contribution in [0.4, 0.5) is 17.1 Å². The standard InChI is InChI=1S/C45H43NO/c1-43(2,3)29-25-34-41-39(21-14-22-40(41)47-42(34)37(26-29)44(4,5)6)46(38-20-13-16-28-15-9-10-17-31(28)38)30-23-24-36-33(27-30)32-18-11-12-19-35(32)45(36,7)8/h9-27H,1-8H3. The highest BCUT2D eigenvalue weighted by Crippen LogP contribution is 2.52. The summed E-state index contributed by atoms with van der Waals surface area (Å²) in [5.41, 5.74) is 13.1. The Labute approximate surface area is 278 Å². The van der Waals surface area contributed by atoms with Crippen LogP contribution in [0.25, 0.3) is 43.8 Å². The quantitative estimate of drug-likeness (QED) is 0.197. The number of hydrogen-bond acceptors (Lipinski definition) is 2. The fourth-order valence-electron chi connectivity index (χ4n) is 7.74. The highest BCUT2D eigenvalue weighted by atomic mass is 16.3. The van der Waals surface area contributed by atoms with Crippen molar-refractivity contribution in [2.24, 2.45) is 0 Å². The van der Waals surface area contributed by atoms with Gasteiger partial charge in [0.05, 0.1) is 16.8 Å². The molecule has 0 radical (unpaired) electrons. The van der Waals surface area contributed by atoms with Crippen LogP contribution in [-0.2, 0) is 16.2 Å². The summed E-state index contributed by atoms with van der Waals surface area (Å²) in [7, 11) is 0. The van der Waals surface area contributed by atoms with Crippen molar-refractivity contribution in [3.63, 3.8) is 0 Å². The Morgan fingerprint density at radius 3 is 2.04 bits per heavy atom. The molecule has 8 rings (SSSR count). The fourth-order valence-corrected chi connectivity index (χ4v) is 7.74. The zero-order valence-corrected chi connectivity index (χ0v) is 28.8. The van der Waals surface area contributed by atoms with Gasteiger partial charge in [-0.3, -0.25) is 0 Å². The van der Waals surface area contributed by atoms with Gasteiger partial charge in [0.2, 0.25) is 0 Å². The van der Waals surface area contributed by atoms with Crippen LogP contribution >= 0.6 is 0 Å². The molecule has 0 bridgehead atoms. The molecule has 1 heterocycles. The van der Waals surface area contributed by atoms with Gasteiger partial charge in [-0.25, -0.2) is 0 Å². The predicted octanol–water partition coefficient (Wildman–Crippen LogP) is 13.1. The molecule has 0 aliphatic heterocycles. The van der Waals surface area contributed by atoms with Gasteiger partial charge in [0.15, 0.2) is 0 Å². The van der Waals surface area contributed by atoms with Gasteiger partial charge in [0, 0.05) is 27.4 Å². The summed E-state index contributed by atoms with van der Waals surface area (Å²) >= 11 is 0. The van der Waals surface area contributed by atoms with Crippen molar-refractivity contribution >= 4 is 49.8 Å². The molecular weight excluding hydrogens is 571 g/mol. The normalized spacial score (nSPS) is 14.1. The van der Waals surface area contributed by atoms with Gasteiger partial charge in [-0.05, 0) is 80.4 Å². The van der Waals surface area contributed by atoms with Crippen LogP contribution in [0.3, 0.4) is 0 Å². The third-order valence-corrected chi connectivity index (χ3v) is 10.3. The SMILES string of the molecule is CC(C)(C)c1cc(C(C)(C)C)c2oc3cccc(N(c4ccc5c(c4)-c4ccccc4C5(C)C)c4cccc5ccccc45)c3c2c1. The number of furan rings is 1. The molecule has 1 aromatic heterocycles. The van der Waals surface area contributed by atoms with Gasteiger partial charge in [0.1, 0.15) is 11.2 Å². The van der Waals surface area contributed by atoms with Crippen LogP contribution in [-0.4, -0.2) is 0 Å². The topological polar surface area (TPSA) is 16.4 Å². The van der Waals surface area contributed by atoms with Gasteiger partial charge in [-0.15, -0.1) is 0 Å². The summed E-state index contributed by atoms with van der Waals surface area (Å²) in [6.45, 7) is 18.5. The van der Waals surface area contributed by atoms with Crippen molar-refractivity contribution in [1.29, 1.82) is 0 Å². The summed E-state index contributed by atoms with van der Waals surface area (Å²) in [6, 6.07) is 42.6. The van der Waals surface area contributed by atoms with E-state index in [0.717, 1.165) is 33.6 Å². The van der Waals surface area contributed by atoms with E-state index in [1.54, 1.807) is 0 Å². The van der Waals surface area contributed by atoms with Gasteiger partial charge in [-0.2, -0.15) is 0 Å². The average molecular weight is 614 g/mol. The second kappa shape index (κ2) is 10.1. The first-order valence-corrected chi connectivity index (χ1v) is 16.9. The lowest BCUT2D eigenvalue weighted by molar-refractivity contribution is 0.559. The zero-order valence-electron chi connectivity index (χ0n) is 28.8. The summed E-state index contributed by atoms with van der Waals surface area (Å²) in [5, 5.41) is 4.75. The monoisotopic (exact) mass is 613 g/mol. The number of hydrogen-bond donors (Lipinski definition) is 0. The fraction of sp³-hybridized carbons (Fsp3) is 0.244. The van der Waals surface area contributed by atoms with E-state index in [9.17, 15) is 0 Å². The van der Waals surface area contributed by atoms with Crippen molar-refractivity contribution in [2.75, 3.05) is 4.90 Å². The average Bonchev–Trinajstić information content (AvgIpc) is 3.53. The summed E-state index contributed by atoms with van der Waals surface area (Å²) in [6.07, 6.45) is 0. The van der Waals surface area contributed by atoms with E-state index in [4.69, 9.17) is 4.42 Å². The number of fused-ring (bicyclic) bond motifs is 7. The second-order valence-corrected chi connectivity index (χ2v) is 15.9.